The molecule has 0 aromatic carbocycles. The van der Waals surface area contributed by atoms with E-state index in [9.17, 15) is 4.79 Å². The van der Waals surface area contributed by atoms with Crippen LogP contribution in [0.15, 0.2) is 11.8 Å². The van der Waals surface area contributed by atoms with E-state index in [1.807, 2.05) is 6.26 Å². The second-order valence-corrected chi connectivity index (χ2v) is 12.1. The van der Waals surface area contributed by atoms with Crippen molar-refractivity contribution in [3.63, 3.8) is 0 Å². The zero-order valence-corrected chi connectivity index (χ0v) is 14.5. The van der Waals surface area contributed by atoms with Gasteiger partial charge in [-0.15, -0.1) is 0 Å². The number of Topliss-reactive ketones (excluding diaryl/α,β-unsaturated/α-hetero) is 1. The lowest BCUT2D eigenvalue weighted by atomic mass is 9.95. The Morgan fingerprint density at radius 2 is 1.42 bits per heavy atom. The Hall–Kier alpha value is -0.573. The summed E-state index contributed by atoms with van der Waals surface area (Å²) in [6.45, 7) is 13.6. The number of ketones is 1. The fourth-order valence-corrected chi connectivity index (χ4v) is 8.77. The molecule has 0 unspecified atom stereocenters. The maximum atomic E-state index is 11.9. The van der Waals surface area contributed by atoms with Crippen LogP contribution in [-0.2, 0) is 9.22 Å². The number of allylic oxidation sites excluding steroid dienone is 1. The van der Waals surface area contributed by atoms with Crippen LogP contribution < -0.4 is 0 Å². The van der Waals surface area contributed by atoms with Crippen LogP contribution in [0, 0.1) is 0 Å². The zero-order chi connectivity index (χ0) is 14.6. The first-order valence-electron chi connectivity index (χ1n) is 7.72. The molecule has 0 aromatic heterocycles. The predicted octanol–water partition coefficient (Wildman–Crippen LogP) is 5.21. The molecule has 0 aromatic rings. The van der Waals surface area contributed by atoms with Crippen molar-refractivity contribution in [1.82, 2.24) is 0 Å². The van der Waals surface area contributed by atoms with Gasteiger partial charge in [0.2, 0.25) is 0 Å². The van der Waals surface area contributed by atoms with Crippen molar-refractivity contribution in [2.24, 2.45) is 0 Å². The summed E-state index contributed by atoms with van der Waals surface area (Å²) >= 11 is 0. The Morgan fingerprint density at radius 1 is 0.947 bits per heavy atom. The quantitative estimate of drug-likeness (QED) is 0.393. The summed E-state index contributed by atoms with van der Waals surface area (Å²) in [7, 11) is -1.87. The van der Waals surface area contributed by atoms with Gasteiger partial charge in [0.1, 0.15) is 0 Å². The molecular weight excluding hydrogens is 252 g/mol. The maximum absolute atomic E-state index is 11.9. The number of carbonyl (C=O) groups excluding carboxylic acids is 1. The number of rotatable bonds is 5. The minimum Gasteiger partial charge on any atom is -0.548 e. The van der Waals surface area contributed by atoms with Gasteiger partial charge in [-0.25, -0.2) is 0 Å². The molecule has 3 heteroatoms. The number of carbonyl (C=O) groups is 1. The van der Waals surface area contributed by atoms with Gasteiger partial charge in [0.25, 0.3) is 8.32 Å². The summed E-state index contributed by atoms with van der Waals surface area (Å²) < 4.78 is 6.38. The van der Waals surface area contributed by atoms with Crippen LogP contribution in [0.1, 0.15) is 67.2 Å². The normalized spacial score (nSPS) is 19.8. The molecule has 0 spiro atoms. The fourth-order valence-electron chi connectivity index (χ4n) is 3.61. The molecule has 0 bridgehead atoms. The Labute approximate surface area is 119 Å². The van der Waals surface area contributed by atoms with E-state index in [-0.39, 0.29) is 0 Å². The lowest BCUT2D eigenvalue weighted by molar-refractivity contribution is -0.116. The average Bonchev–Trinajstić information content (AvgIpc) is 2.30. The summed E-state index contributed by atoms with van der Waals surface area (Å²) in [5.41, 5.74) is 2.60. The van der Waals surface area contributed by atoms with E-state index in [1.54, 1.807) is 0 Å². The molecule has 1 rings (SSSR count). The number of hydrogen-bond acceptors (Lipinski definition) is 2. The van der Waals surface area contributed by atoms with Crippen LogP contribution >= 0.6 is 0 Å². The molecule has 110 valence electrons. The third-order valence-electron chi connectivity index (χ3n) is 4.57. The van der Waals surface area contributed by atoms with Crippen molar-refractivity contribution in [2.75, 3.05) is 0 Å². The van der Waals surface area contributed by atoms with Crippen LogP contribution in [0.4, 0.5) is 0 Å². The first-order valence-corrected chi connectivity index (χ1v) is 9.86. The molecule has 0 saturated heterocycles. The van der Waals surface area contributed by atoms with E-state index >= 15 is 0 Å². The van der Waals surface area contributed by atoms with Crippen molar-refractivity contribution in [3.05, 3.63) is 11.8 Å². The molecule has 2 nitrogen and oxygen atoms in total. The van der Waals surface area contributed by atoms with Crippen molar-refractivity contribution in [1.29, 1.82) is 0 Å². The minimum absolute atomic E-state index is 0.297. The second kappa shape index (κ2) is 6.73. The van der Waals surface area contributed by atoms with Crippen LogP contribution in [0.5, 0.6) is 0 Å². The molecule has 1 aliphatic rings. The van der Waals surface area contributed by atoms with Crippen LogP contribution in [0.3, 0.4) is 0 Å². The van der Waals surface area contributed by atoms with E-state index in [0.717, 1.165) is 24.8 Å². The lowest BCUT2D eigenvalue weighted by Gasteiger charge is -2.41. The first-order chi connectivity index (χ1) is 8.82. The zero-order valence-electron chi connectivity index (χ0n) is 13.5. The second-order valence-electron chi connectivity index (χ2n) is 6.71. The summed E-state index contributed by atoms with van der Waals surface area (Å²) in [5.74, 6) is 0.297. The summed E-state index contributed by atoms with van der Waals surface area (Å²) in [4.78, 5) is 11.9. The van der Waals surface area contributed by atoms with Gasteiger partial charge < -0.3 is 4.43 Å². The highest BCUT2D eigenvalue weighted by molar-refractivity contribution is 6.77. The molecule has 0 radical (unpaired) electrons. The van der Waals surface area contributed by atoms with Gasteiger partial charge in [-0.1, -0.05) is 41.5 Å². The molecule has 19 heavy (non-hydrogen) atoms. The van der Waals surface area contributed by atoms with Crippen molar-refractivity contribution < 1.29 is 9.22 Å². The van der Waals surface area contributed by atoms with Crippen LogP contribution in [0.25, 0.3) is 0 Å². The standard InChI is InChI=1S/C16H30O2Si/c1-12(2)19(13(3)4,14(5)6)18-11-15-9-7-8-10-16(15)17/h11-14H,7-10H2,1-6H3. The van der Waals surface area contributed by atoms with E-state index in [4.69, 9.17) is 4.43 Å². The molecule has 0 aliphatic heterocycles. The highest BCUT2D eigenvalue weighted by atomic mass is 28.4. The monoisotopic (exact) mass is 282 g/mol. The van der Waals surface area contributed by atoms with Gasteiger partial charge in [-0.2, -0.15) is 0 Å². The predicted molar refractivity (Wildman–Crippen MR) is 83.7 cm³/mol. The molecule has 1 fully saturated rings. The molecular formula is C16H30O2Si. The van der Waals surface area contributed by atoms with Crippen molar-refractivity contribution in [3.8, 4) is 0 Å². The van der Waals surface area contributed by atoms with Crippen molar-refractivity contribution in [2.45, 2.75) is 83.8 Å². The SMILES string of the molecule is CC(C)[Si](OC=C1CCCCC1=O)(C(C)C)C(C)C. The molecule has 0 heterocycles. The first kappa shape index (κ1) is 16.5. The Kier molecular flexibility index (Phi) is 5.84. The van der Waals surface area contributed by atoms with Crippen LogP contribution in [-0.4, -0.2) is 14.1 Å². The Balaban J connectivity index is 2.95. The molecule has 1 aliphatic carbocycles. The highest BCUT2D eigenvalue weighted by Gasteiger charge is 2.46. The lowest BCUT2D eigenvalue weighted by Crippen LogP contribution is -2.46. The van der Waals surface area contributed by atoms with Gasteiger partial charge in [0.15, 0.2) is 5.78 Å². The number of hydrogen-bond donors (Lipinski definition) is 0. The summed E-state index contributed by atoms with van der Waals surface area (Å²) in [5, 5.41) is 0. The minimum atomic E-state index is -1.87. The van der Waals surface area contributed by atoms with E-state index in [0.29, 0.717) is 28.8 Å². The molecule has 0 amide bonds. The topological polar surface area (TPSA) is 26.3 Å². The van der Waals surface area contributed by atoms with E-state index in [2.05, 4.69) is 41.5 Å². The van der Waals surface area contributed by atoms with E-state index in [1.165, 1.54) is 0 Å². The Bertz CT molecular complexity index is 321. The van der Waals surface area contributed by atoms with Gasteiger partial charge >= 0.3 is 0 Å². The van der Waals surface area contributed by atoms with E-state index < -0.39 is 8.32 Å². The van der Waals surface area contributed by atoms with Gasteiger partial charge in [0.05, 0.1) is 6.26 Å². The fraction of sp³-hybridized carbons (Fsp3) is 0.812. The third kappa shape index (κ3) is 3.50. The summed E-state index contributed by atoms with van der Waals surface area (Å²) in [6, 6.07) is 0. The van der Waals surface area contributed by atoms with Crippen molar-refractivity contribution >= 4 is 14.1 Å². The average molecular weight is 282 g/mol. The summed E-state index contributed by atoms with van der Waals surface area (Å²) in [6.07, 6.45) is 5.61. The molecule has 0 N–H and O–H groups in total. The largest absolute Gasteiger partial charge is 0.548 e. The maximum Gasteiger partial charge on any atom is 0.257 e. The Morgan fingerprint density at radius 3 is 1.84 bits per heavy atom. The molecule has 0 atom stereocenters. The molecule has 1 saturated carbocycles. The highest BCUT2D eigenvalue weighted by Crippen LogP contribution is 2.42. The van der Waals surface area contributed by atoms with Gasteiger partial charge in [0, 0.05) is 12.0 Å². The third-order valence-corrected chi connectivity index (χ3v) is 10.5. The van der Waals surface area contributed by atoms with Gasteiger partial charge in [-0.3, -0.25) is 4.79 Å². The van der Waals surface area contributed by atoms with Crippen LogP contribution in [0.2, 0.25) is 16.6 Å². The smallest absolute Gasteiger partial charge is 0.257 e. The van der Waals surface area contributed by atoms with Gasteiger partial charge in [-0.05, 0) is 35.9 Å².